The highest BCUT2D eigenvalue weighted by molar-refractivity contribution is 5.96. The zero-order valence-corrected chi connectivity index (χ0v) is 18.9. The number of ether oxygens (including phenoxy) is 1. The molecule has 0 atom stereocenters. The van der Waals surface area contributed by atoms with Crippen LogP contribution in [0.2, 0.25) is 0 Å². The Bertz CT molecular complexity index is 934. The monoisotopic (exact) mass is 440 g/mol. The fraction of sp³-hybridized carbons (Fsp3) is 0.522. The summed E-state index contributed by atoms with van der Waals surface area (Å²) in [6.45, 7) is 9.46. The second kappa shape index (κ2) is 10.0. The third-order valence-electron chi connectivity index (χ3n) is 6.23. The van der Waals surface area contributed by atoms with E-state index in [9.17, 15) is 9.59 Å². The molecule has 2 aliphatic heterocycles. The SMILES string of the molecule is CCN1CCn2cc(C(=O)NCCCN3CCN(c4ccc(OC)cc4)CC3)nc2C1=O. The summed E-state index contributed by atoms with van der Waals surface area (Å²) in [4.78, 5) is 35.7. The first-order valence-corrected chi connectivity index (χ1v) is 11.3. The molecule has 1 aromatic carbocycles. The van der Waals surface area contributed by atoms with Crippen LogP contribution in [0.1, 0.15) is 34.5 Å². The van der Waals surface area contributed by atoms with Crippen molar-refractivity contribution in [1.82, 2.24) is 24.7 Å². The number of carbonyl (C=O) groups is 2. The summed E-state index contributed by atoms with van der Waals surface area (Å²) in [5.74, 6) is 0.913. The molecule has 1 N–H and O–H groups in total. The van der Waals surface area contributed by atoms with Gasteiger partial charge in [0.25, 0.3) is 11.8 Å². The van der Waals surface area contributed by atoms with Crippen molar-refractivity contribution in [2.24, 2.45) is 0 Å². The van der Waals surface area contributed by atoms with E-state index in [-0.39, 0.29) is 11.8 Å². The third-order valence-corrected chi connectivity index (χ3v) is 6.23. The van der Waals surface area contributed by atoms with Gasteiger partial charge in [0.1, 0.15) is 11.4 Å². The van der Waals surface area contributed by atoms with E-state index in [2.05, 4.69) is 32.2 Å². The van der Waals surface area contributed by atoms with E-state index in [4.69, 9.17) is 4.74 Å². The summed E-state index contributed by atoms with van der Waals surface area (Å²) in [5, 5.41) is 2.94. The predicted octanol–water partition coefficient (Wildman–Crippen LogP) is 1.31. The lowest BCUT2D eigenvalue weighted by Crippen LogP contribution is -2.47. The maximum Gasteiger partial charge on any atom is 0.289 e. The van der Waals surface area contributed by atoms with Gasteiger partial charge in [-0.15, -0.1) is 0 Å². The van der Waals surface area contributed by atoms with E-state index >= 15 is 0 Å². The smallest absolute Gasteiger partial charge is 0.289 e. The Kier molecular flexibility index (Phi) is 6.94. The third kappa shape index (κ3) is 4.88. The molecule has 2 aromatic rings. The van der Waals surface area contributed by atoms with Crippen molar-refractivity contribution in [3.63, 3.8) is 0 Å². The van der Waals surface area contributed by atoms with E-state index in [0.29, 0.717) is 37.7 Å². The van der Waals surface area contributed by atoms with Gasteiger partial charge in [-0.25, -0.2) is 4.98 Å². The maximum absolute atomic E-state index is 12.5. The second-order valence-electron chi connectivity index (χ2n) is 8.16. The molecule has 0 unspecified atom stereocenters. The molecule has 32 heavy (non-hydrogen) atoms. The van der Waals surface area contributed by atoms with E-state index < -0.39 is 0 Å². The Morgan fingerprint density at radius 3 is 2.53 bits per heavy atom. The van der Waals surface area contributed by atoms with Crippen LogP contribution in [-0.2, 0) is 6.54 Å². The summed E-state index contributed by atoms with van der Waals surface area (Å²) < 4.78 is 7.01. The maximum atomic E-state index is 12.5. The van der Waals surface area contributed by atoms with Crippen LogP contribution < -0.4 is 15.0 Å². The number of nitrogens with zero attached hydrogens (tertiary/aromatic N) is 5. The van der Waals surface area contributed by atoms with Crippen molar-refractivity contribution in [1.29, 1.82) is 0 Å². The Balaban J connectivity index is 1.18. The van der Waals surface area contributed by atoms with Crippen LogP contribution >= 0.6 is 0 Å². The van der Waals surface area contributed by atoms with E-state index in [1.165, 1.54) is 5.69 Å². The average molecular weight is 441 g/mol. The van der Waals surface area contributed by atoms with Gasteiger partial charge in [-0.3, -0.25) is 14.5 Å². The molecule has 2 amide bonds. The van der Waals surface area contributed by atoms with Crippen molar-refractivity contribution < 1.29 is 14.3 Å². The number of anilines is 1. The van der Waals surface area contributed by atoms with Gasteiger partial charge < -0.3 is 24.4 Å². The minimum absolute atomic E-state index is 0.105. The summed E-state index contributed by atoms with van der Waals surface area (Å²) in [6, 6.07) is 8.20. The van der Waals surface area contributed by atoms with Crippen molar-refractivity contribution in [3.8, 4) is 5.75 Å². The quantitative estimate of drug-likeness (QED) is 0.624. The first-order valence-electron chi connectivity index (χ1n) is 11.3. The molecule has 2 aliphatic rings. The van der Waals surface area contributed by atoms with E-state index in [1.807, 2.05) is 19.1 Å². The highest BCUT2D eigenvalue weighted by atomic mass is 16.5. The van der Waals surface area contributed by atoms with Crippen molar-refractivity contribution in [2.75, 3.05) is 64.4 Å². The predicted molar refractivity (Wildman–Crippen MR) is 122 cm³/mol. The minimum atomic E-state index is -0.216. The fourth-order valence-corrected chi connectivity index (χ4v) is 4.26. The van der Waals surface area contributed by atoms with Gasteiger partial charge in [0.2, 0.25) is 0 Å². The molecule has 0 aliphatic carbocycles. The van der Waals surface area contributed by atoms with E-state index in [0.717, 1.165) is 44.9 Å². The van der Waals surface area contributed by atoms with Gasteiger partial charge in [-0.1, -0.05) is 0 Å². The zero-order chi connectivity index (χ0) is 22.5. The molecular weight excluding hydrogens is 408 g/mol. The summed E-state index contributed by atoms with van der Waals surface area (Å²) in [7, 11) is 1.68. The number of likely N-dealkylation sites (N-methyl/N-ethyl adjacent to an activating group) is 1. The van der Waals surface area contributed by atoms with Crippen molar-refractivity contribution in [2.45, 2.75) is 19.9 Å². The van der Waals surface area contributed by atoms with Gasteiger partial charge in [0, 0.05) is 64.2 Å². The van der Waals surface area contributed by atoms with Crippen molar-refractivity contribution in [3.05, 3.63) is 42.0 Å². The summed E-state index contributed by atoms with van der Waals surface area (Å²) in [5.41, 5.74) is 1.54. The Labute approximate surface area is 188 Å². The number of methoxy groups -OCH3 is 1. The number of carbonyl (C=O) groups excluding carboxylic acids is 2. The molecule has 1 saturated heterocycles. The van der Waals surface area contributed by atoms with Crippen LogP contribution in [-0.4, -0.2) is 90.6 Å². The molecule has 0 spiro atoms. The second-order valence-corrected chi connectivity index (χ2v) is 8.16. The highest BCUT2D eigenvalue weighted by Gasteiger charge is 2.27. The first-order chi connectivity index (χ1) is 15.6. The van der Waals surface area contributed by atoms with Gasteiger partial charge in [0.15, 0.2) is 5.82 Å². The zero-order valence-electron chi connectivity index (χ0n) is 18.9. The lowest BCUT2D eigenvalue weighted by molar-refractivity contribution is 0.0707. The molecule has 172 valence electrons. The van der Waals surface area contributed by atoms with Gasteiger partial charge >= 0.3 is 0 Å². The lowest BCUT2D eigenvalue weighted by atomic mass is 10.2. The Morgan fingerprint density at radius 1 is 1.09 bits per heavy atom. The number of imidazole rings is 1. The van der Waals surface area contributed by atoms with Gasteiger partial charge in [-0.05, 0) is 44.2 Å². The molecule has 0 radical (unpaired) electrons. The average Bonchev–Trinajstić information content (AvgIpc) is 3.28. The van der Waals surface area contributed by atoms with Crippen LogP contribution in [0.5, 0.6) is 5.75 Å². The number of hydrogen-bond acceptors (Lipinski definition) is 6. The number of benzene rings is 1. The van der Waals surface area contributed by atoms with Crippen LogP contribution in [0.4, 0.5) is 5.69 Å². The molecule has 1 aromatic heterocycles. The van der Waals surface area contributed by atoms with Crippen LogP contribution in [0.25, 0.3) is 0 Å². The number of nitrogens with one attached hydrogen (secondary N) is 1. The van der Waals surface area contributed by atoms with Crippen LogP contribution in [0.3, 0.4) is 0 Å². The number of fused-ring (bicyclic) bond motifs is 1. The topological polar surface area (TPSA) is 82.9 Å². The standard InChI is InChI=1S/C23H32N6O3/c1-3-27-15-16-29-17-20(25-21(29)23(27)31)22(30)24-9-4-10-26-11-13-28(14-12-26)18-5-7-19(32-2)8-6-18/h5-8,17H,3-4,9-16H2,1-2H3,(H,24,30). The van der Waals surface area contributed by atoms with Gasteiger partial charge in [-0.2, -0.15) is 0 Å². The summed E-state index contributed by atoms with van der Waals surface area (Å²) >= 11 is 0. The number of piperazine rings is 1. The molecule has 0 saturated carbocycles. The van der Waals surface area contributed by atoms with Crippen LogP contribution in [0, 0.1) is 0 Å². The molecule has 0 bridgehead atoms. The fourth-order valence-electron chi connectivity index (χ4n) is 4.26. The first kappa shape index (κ1) is 22.1. The number of hydrogen-bond donors (Lipinski definition) is 1. The molecule has 4 rings (SSSR count). The lowest BCUT2D eigenvalue weighted by Gasteiger charge is -2.36. The molecule has 9 nitrogen and oxygen atoms in total. The Morgan fingerprint density at radius 2 is 1.84 bits per heavy atom. The molecule has 9 heteroatoms. The van der Waals surface area contributed by atoms with E-state index in [1.54, 1.807) is 22.8 Å². The molecule has 1 fully saturated rings. The number of aromatic nitrogens is 2. The number of amides is 2. The molecular formula is C23H32N6O3. The normalized spacial score (nSPS) is 16.8. The van der Waals surface area contributed by atoms with Gasteiger partial charge in [0.05, 0.1) is 7.11 Å². The highest BCUT2D eigenvalue weighted by Crippen LogP contribution is 2.20. The summed E-state index contributed by atoms with van der Waals surface area (Å²) in [6.07, 6.45) is 2.57. The number of rotatable bonds is 8. The molecule has 3 heterocycles. The van der Waals surface area contributed by atoms with Crippen molar-refractivity contribution >= 4 is 17.5 Å². The largest absolute Gasteiger partial charge is 0.497 e. The minimum Gasteiger partial charge on any atom is -0.497 e. The Hall–Kier alpha value is -3.07. The van der Waals surface area contributed by atoms with Crippen LogP contribution in [0.15, 0.2) is 30.5 Å².